The van der Waals surface area contributed by atoms with Crippen LogP contribution in [0.15, 0.2) is 18.3 Å². The van der Waals surface area contributed by atoms with Gasteiger partial charge < -0.3 is 14.9 Å². The molecular formula is C15H23N3O2. The average molecular weight is 277 g/mol. The maximum absolute atomic E-state index is 10.8. The summed E-state index contributed by atoms with van der Waals surface area (Å²) in [5.74, 6) is 0.110. The first-order valence-corrected chi connectivity index (χ1v) is 7.27. The maximum atomic E-state index is 10.8. The van der Waals surface area contributed by atoms with Gasteiger partial charge in [0.15, 0.2) is 0 Å². The van der Waals surface area contributed by atoms with Crippen molar-refractivity contribution in [2.45, 2.75) is 26.2 Å². The maximum Gasteiger partial charge on any atom is 0.305 e. The molecule has 20 heavy (non-hydrogen) atoms. The number of pyridine rings is 1. The number of nitrogens with zero attached hydrogens (tertiary/aromatic N) is 3. The van der Waals surface area contributed by atoms with E-state index in [2.05, 4.69) is 14.8 Å². The van der Waals surface area contributed by atoms with Crippen LogP contribution in [-0.4, -0.2) is 53.7 Å². The van der Waals surface area contributed by atoms with Crippen LogP contribution in [0, 0.1) is 6.92 Å². The lowest BCUT2D eigenvalue weighted by atomic mass is 10.3. The van der Waals surface area contributed by atoms with Crippen LogP contribution in [0.1, 0.15) is 24.8 Å². The van der Waals surface area contributed by atoms with Gasteiger partial charge in [-0.2, -0.15) is 0 Å². The molecule has 1 N–H and O–H groups in total. The number of anilines is 1. The van der Waals surface area contributed by atoms with Gasteiger partial charge in [-0.3, -0.25) is 4.79 Å². The predicted octanol–water partition coefficient (Wildman–Crippen LogP) is 1.77. The summed E-state index contributed by atoms with van der Waals surface area (Å²) in [7, 11) is 0. The van der Waals surface area contributed by atoms with Gasteiger partial charge in [0.05, 0.1) is 6.42 Å². The number of carboxylic acids is 1. The molecule has 2 rings (SSSR count). The van der Waals surface area contributed by atoms with Crippen LogP contribution >= 0.6 is 0 Å². The summed E-state index contributed by atoms with van der Waals surface area (Å²) < 4.78 is 0. The normalized spacial score (nSPS) is 15.4. The Labute approximate surface area is 120 Å². The van der Waals surface area contributed by atoms with E-state index in [1.54, 1.807) is 0 Å². The second-order valence-corrected chi connectivity index (χ2v) is 5.37. The zero-order valence-corrected chi connectivity index (χ0v) is 12.1. The van der Waals surface area contributed by atoms with Crippen molar-refractivity contribution in [3.8, 4) is 0 Å². The van der Waals surface area contributed by atoms with E-state index in [-0.39, 0.29) is 6.42 Å². The van der Waals surface area contributed by atoms with E-state index in [0.29, 0.717) is 6.54 Å². The minimum absolute atomic E-state index is 0.148. The smallest absolute Gasteiger partial charge is 0.305 e. The van der Waals surface area contributed by atoms with Gasteiger partial charge in [-0.15, -0.1) is 0 Å². The van der Waals surface area contributed by atoms with Crippen molar-refractivity contribution >= 4 is 11.8 Å². The zero-order chi connectivity index (χ0) is 14.4. The highest BCUT2D eigenvalue weighted by atomic mass is 16.4. The number of hydrogen-bond donors (Lipinski definition) is 1. The fraction of sp³-hybridized carbons (Fsp3) is 0.600. The lowest BCUT2D eigenvalue weighted by molar-refractivity contribution is -0.136. The van der Waals surface area contributed by atoms with Crippen molar-refractivity contribution < 1.29 is 9.90 Å². The SMILES string of the molecule is Cc1ccc(N(CCC(=O)O)CCN2CCCC2)nc1. The van der Waals surface area contributed by atoms with Crippen molar-refractivity contribution in [1.82, 2.24) is 9.88 Å². The van der Waals surface area contributed by atoms with Crippen LogP contribution in [0.4, 0.5) is 5.82 Å². The van der Waals surface area contributed by atoms with Crippen LogP contribution in [0.5, 0.6) is 0 Å². The van der Waals surface area contributed by atoms with Crippen molar-refractivity contribution in [1.29, 1.82) is 0 Å². The number of likely N-dealkylation sites (tertiary alicyclic amines) is 1. The minimum atomic E-state index is -0.761. The lowest BCUT2D eigenvalue weighted by Crippen LogP contribution is -2.35. The Kier molecular flexibility index (Phi) is 5.35. The Hall–Kier alpha value is -1.62. The Morgan fingerprint density at radius 2 is 2.10 bits per heavy atom. The monoisotopic (exact) mass is 277 g/mol. The van der Waals surface area contributed by atoms with E-state index in [1.165, 1.54) is 12.8 Å². The number of carbonyl (C=O) groups is 1. The highest BCUT2D eigenvalue weighted by Gasteiger charge is 2.15. The third-order valence-corrected chi connectivity index (χ3v) is 3.70. The van der Waals surface area contributed by atoms with E-state index in [4.69, 9.17) is 5.11 Å². The molecule has 0 amide bonds. The molecule has 0 spiro atoms. The van der Waals surface area contributed by atoms with Crippen LogP contribution in [0.2, 0.25) is 0 Å². The molecule has 1 fully saturated rings. The first-order valence-electron chi connectivity index (χ1n) is 7.27. The third kappa shape index (κ3) is 4.49. The standard InChI is InChI=1S/C15H23N3O2/c1-13-4-5-14(16-12-13)18(9-6-15(19)20)11-10-17-7-2-3-8-17/h4-5,12H,2-3,6-11H2,1H3,(H,19,20). The molecule has 1 saturated heterocycles. The first-order chi connectivity index (χ1) is 9.65. The van der Waals surface area contributed by atoms with Gasteiger partial charge in [-0.05, 0) is 44.5 Å². The molecule has 1 aliphatic rings. The van der Waals surface area contributed by atoms with E-state index >= 15 is 0 Å². The van der Waals surface area contributed by atoms with Crippen molar-refractivity contribution in [2.24, 2.45) is 0 Å². The minimum Gasteiger partial charge on any atom is -0.481 e. The topological polar surface area (TPSA) is 56.7 Å². The van der Waals surface area contributed by atoms with Gasteiger partial charge in [0, 0.05) is 25.8 Å². The van der Waals surface area contributed by atoms with Crippen molar-refractivity contribution in [3.63, 3.8) is 0 Å². The number of rotatable bonds is 7. The fourth-order valence-electron chi connectivity index (χ4n) is 2.49. The Bertz CT molecular complexity index is 427. The molecule has 5 nitrogen and oxygen atoms in total. The summed E-state index contributed by atoms with van der Waals surface area (Å²) in [6, 6.07) is 3.99. The Morgan fingerprint density at radius 1 is 1.35 bits per heavy atom. The van der Waals surface area contributed by atoms with Gasteiger partial charge in [0.1, 0.15) is 5.82 Å². The molecule has 0 aromatic carbocycles. The highest BCUT2D eigenvalue weighted by Crippen LogP contribution is 2.13. The third-order valence-electron chi connectivity index (χ3n) is 3.70. The number of carboxylic acid groups (broad SMARTS) is 1. The highest BCUT2D eigenvalue weighted by molar-refractivity contribution is 5.67. The Morgan fingerprint density at radius 3 is 2.70 bits per heavy atom. The second-order valence-electron chi connectivity index (χ2n) is 5.37. The number of aromatic nitrogens is 1. The molecule has 110 valence electrons. The van der Waals surface area contributed by atoms with Gasteiger partial charge in [-0.1, -0.05) is 6.07 Å². The first kappa shape index (κ1) is 14.8. The number of hydrogen-bond acceptors (Lipinski definition) is 4. The largest absolute Gasteiger partial charge is 0.481 e. The molecule has 0 atom stereocenters. The lowest BCUT2D eigenvalue weighted by Gasteiger charge is -2.26. The molecule has 0 bridgehead atoms. The average Bonchev–Trinajstić information content (AvgIpc) is 2.93. The van der Waals surface area contributed by atoms with E-state index in [1.807, 2.05) is 25.3 Å². The number of aliphatic carboxylic acids is 1. The van der Waals surface area contributed by atoms with E-state index in [9.17, 15) is 4.79 Å². The summed E-state index contributed by atoms with van der Waals surface area (Å²) in [6.07, 6.45) is 4.53. The molecule has 1 aromatic heterocycles. The molecule has 0 aliphatic carbocycles. The van der Waals surface area contributed by atoms with E-state index < -0.39 is 5.97 Å². The zero-order valence-electron chi connectivity index (χ0n) is 12.1. The summed E-state index contributed by atoms with van der Waals surface area (Å²) in [6.45, 7) is 6.66. The molecule has 2 heterocycles. The van der Waals surface area contributed by atoms with Gasteiger partial charge in [-0.25, -0.2) is 4.98 Å². The molecule has 0 saturated carbocycles. The number of aryl methyl sites for hydroxylation is 1. The quantitative estimate of drug-likeness (QED) is 0.823. The van der Waals surface area contributed by atoms with Gasteiger partial charge in [0.25, 0.3) is 0 Å². The summed E-state index contributed by atoms with van der Waals surface area (Å²) in [5, 5.41) is 8.88. The van der Waals surface area contributed by atoms with Crippen LogP contribution < -0.4 is 4.90 Å². The summed E-state index contributed by atoms with van der Waals surface area (Å²) >= 11 is 0. The molecule has 0 unspecified atom stereocenters. The molecule has 5 heteroatoms. The van der Waals surface area contributed by atoms with Crippen LogP contribution in [0.3, 0.4) is 0 Å². The Balaban J connectivity index is 1.95. The predicted molar refractivity (Wildman–Crippen MR) is 79.1 cm³/mol. The van der Waals surface area contributed by atoms with Crippen molar-refractivity contribution in [3.05, 3.63) is 23.9 Å². The van der Waals surface area contributed by atoms with Gasteiger partial charge in [0.2, 0.25) is 0 Å². The molecular weight excluding hydrogens is 254 g/mol. The van der Waals surface area contributed by atoms with Crippen LogP contribution in [0.25, 0.3) is 0 Å². The fourth-order valence-corrected chi connectivity index (χ4v) is 2.49. The summed E-state index contributed by atoms with van der Waals surface area (Å²) in [4.78, 5) is 19.7. The van der Waals surface area contributed by atoms with Gasteiger partial charge >= 0.3 is 5.97 Å². The molecule has 1 aliphatic heterocycles. The van der Waals surface area contributed by atoms with E-state index in [0.717, 1.165) is 37.6 Å². The van der Waals surface area contributed by atoms with Crippen molar-refractivity contribution in [2.75, 3.05) is 37.6 Å². The summed E-state index contributed by atoms with van der Waals surface area (Å²) in [5.41, 5.74) is 1.12. The van der Waals surface area contributed by atoms with Crippen LogP contribution in [-0.2, 0) is 4.79 Å². The second kappa shape index (κ2) is 7.24. The molecule has 1 aromatic rings. The molecule has 0 radical (unpaired) electrons.